The average molecular weight is 239 g/mol. The molecular weight excluding hydrogens is 218 g/mol. The van der Waals surface area contributed by atoms with Crippen molar-refractivity contribution < 1.29 is 14.6 Å². The summed E-state index contributed by atoms with van der Waals surface area (Å²) in [5.74, 6) is 0.281. The van der Waals surface area contributed by atoms with Gasteiger partial charge in [0.25, 0.3) is 0 Å². The molecule has 0 aromatic carbocycles. The third-order valence-electron chi connectivity index (χ3n) is 5.06. The summed E-state index contributed by atoms with van der Waals surface area (Å²) in [4.78, 5) is 11.3. The molecule has 3 aliphatic carbocycles. The molecule has 0 spiro atoms. The Hall–Kier alpha value is -0.610. The van der Waals surface area contributed by atoms with Gasteiger partial charge < -0.3 is 15.2 Å². The van der Waals surface area contributed by atoms with Gasteiger partial charge in [-0.2, -0.15) is 0 Å². The number of rotatable bonds is 4. The maximum Gasteiger partial charge on any atom is 0.308 e. The van der Waals surface area contributed by atoms with Crippen molar-refractivity contribution in [2.75, 3.05) is 7.11 Å². The average Bonchev–Trinajstić information content (AvgIpc) is 2.81. The molecule has 3 rings (SSSR count). The summed E-state index contributed by atoms with van der Waals surface area (Å²) in [5, 5.41) is 12.9. The maximum atomic E-state index is 11.3. The highest BCUT2D eigenvalue weighted by atomic mass is 16.5. The minimum atomic E-state index is -0.600. The molecule has 96 valence electrons. The van der Waals surface area contributed by atoms with Gasteiger partial charge >= 0.3 is 5.97 Å². The van der Waals surface area contributed by atoms with Crippen LogP contribution in [0.5, 0.6) is 0 Å². The van der Waals surface area contributed by atoms with Gasteiger partial charge in [-0.15, -0.1) is 0 Å². The van der Waals surface area contributed by atoms with E-state index in [0.29, 0.717) is 24.0 Å². The molecule has 0 radical (unpaired) electrons. The minimum absolute atomic E-state index is 0.143. The van der Waals surface area contributed by atoms with Gasteiger partial charge in [-0.3, -0.25) is 4.79 Å². The molecule has 3 saturated carbocycles. The van der Waals surface area contributed by atoms with E-state index in [1.807, 2.05) is 0 Å². The molecule has 2 bridgehead atoms. The fourth-order valence-electron chi connectivity index (χ4n) is 4.05. The first-order chi connectivity index (χ1) is 8.19. The van der Waals surface area contributed by atoms with E-state index in [-0.39, 0.29) is 12.0 Å². The molecule has 4 unspecified atom stereocenters. The van der Waals surface area contributed by atoms with Crippen molar-refractivity contribution in [1.82, 2.24) is 5.32 Å². The Morgan fingerprint density at radius 1 is 1.24 bits per heavy atom. The van der Waals surface area contributed by atoms with Gasteiger partial charge in [-0.1, -0.05) is 0 Å². The van der Waals surface area contributed by atoms with Crippen LogP contribution in [-0.4, -0.2) is 36.4 Å². The van der Waals surface area contributed by atoms with Crippen LogP contribution in [0.15, 0.2) is 0 Å². The first-order valence-electron chi connectivity index (χ1n) is 6.70. The standard InChI is InChI=1S/C13H21NO3/c1-17-10-5-9(6-10)14-12-8-3-2-7(4-8)11(12)13(15)16/h7-12,14H,2-6H2,1H3,(H,15,16). The van der Waals surface area contributed by atoms with Crippen molar-refractivity contribution in [3.8, 4) is 0 Å². The van der Waals surface area contributed by atoms with Crippen LogP contribution in [0.3, 0.4) is 0 Å². The van der Waals surface area contributed by atoms with Crippen molar-refractivity contribution in [3.05, 3.63) is 0 Å². The maximum absolute atomic E-state index is 11.3. The molecular formula is C13H21NO3. The van der Waals surface area contributed by atoms with Crippen LogP contribution in [0.25, 0.3) is 0 Å². The lowest BCUT2D eigenvalue weighted by atomic mass is 9.81. The Morgan fingerprint density at radius 2 is 1.94 bits per heavy atom. The van der Waals surface area contributed by atoms with Crippen LogP contribution >= 0.6 is 0 Å². The fourth-order valence-corrected chi connectivity index (χ4v) is 4.05. The second-order valence-electron chi connectivity index (χ2n) is 5.92. The van der Waals surface area contributed by atoms with E-state index in [1.165, 1.54) is 6.42 Å². The number of fused-ring (bicyclic) bond motifs is 2. The zero-order chi connectivity index (χ0) is 12.0. The van der Waals surface area contributed by atoms with Crippen molar-refractivity contribution in [3.63, 3.8) is 0 Å². The summed E-state index contributed by atoms with van der Waals surface area (Å²) in [7, 11) is 1.75. The molecule has 0 saturated heterocycles. The van der Waals surface area contributed by atoms with Gasteiger partial charge in [0.05, 0.1) is 12.0 Å². The van der Waals surface area contributed by atoms with Crippen molar-refractivity contribution in [2.24, 2.45) is 17.8 Å². The smallest absolute Gasteiger partial charge is 0.308 e. The summed E-state index contributed by atoms with van der Waals surface area (Å²) in [5.41, 5.74) is 0. The zero-order valence-electron chi connectivity index (χ0n) is 10.3. The van der Waals surface area contributed by atoms with E-state index in [9.17, 15) is 9.90 Å². The Bertz CT molecular complexity index is 314. The van der Waals surface area contributed by atoms with E-state index in [4.69, 9.17) is 4.74 Å². The van der Waals surface area contributed by atoms with E-state index >= 15 is 0 Å². The zero-order valence-corrected chi connectivity index (χ0v) is 10.3. The minimum Gasteiger partial charge on any atom is -0.481 e. The molecule has 3 fully saturated rings. The largest absolute Gasteiger partial charge is 0.481 e. The molecule has 0 heterocycles. The number of methoxy groups -OCH3 is 1. The van der Waals surface area contributed by atoms with Crippen LogP contribution in [-0.2, 0) is 9.53 Å². The van der Waals surface area contributed by atoms with Crippen molar-refractivity contribution in [1.29, 1.82) is 0 Å². The van der Waals surface area contributed by atoms with Gasteiger partial charge in [-0.05, 0) is 43.9 Å². The van der Waals surface area contributed by atoms with E-state index < -0.39 is 5.97 Å². The topological polar surface area (TPSA) is 58.6 Å². The molecule has 0 aromatic heterocycles. The fraction of sp³-hybridized carbons (Fsp3) is 0.923. The second kappa shape index (κ2) is 4.25. The van der Waals surface area contributed by atoms with Gasteiger partial charge in [0.2, 0.25) is 0 Å². The molecule has 17 heavy (non-hydrogen) atoms. The lowest BCUT2D eigenvalue weighted by Crippen LogP contribution is -2.54. The second-order valence-corrected chi connectivity index (χ2v) is 5.92. The van der Waals surface area contributed by atoms with Gasteiger partial charge in [-0.25, -0.2) is 0 Å². The number of carboxylic acid groups (broad SMARTS) is 1. The number of aliphatic carboxylic acids is 1. The highest BCUT2D eigenvalue weighted by molar-refractivity contribution is 5.72. The van der Waals surface area contributed by atoms with Gasteiger partial charge in [0, 0.05) is 19.2 Å². The molecule has 3 aliphatic rings. The Kier molecular flexibility index (Phi) is 2.87. The molecule has 0 aromatic rings. The van der Waals surface area contributed by atoms with Crippen LogP contribution in [0.4, 0.5) is 0 Å². The number of ether oxygens (including phenoxy) is 1. The highest BCUT2D eigenvalue weighted by Gasteiger charge is 2.52. The third-order valence-corrected chi connectivity index (χ3v) is 5.06. The number of carboxylic acids is 1. The lowest BCUT2D eigenvalue weighted by Gasteiger charge is -2.40. The summed E-state index contributed by atoms with van der Waals surface area (Å²) >= 11 is 0. The SMILES string of the molecule is COC1CC(NC2C3CCC(C3)C2C(=O)O)C1. The van der Waals surface area contributed by atoms with E-state index in [0.717, 1.165) is 25.7 Å². The number of nitrogens with one attached hydrogen (secondary N) is 1. The molecule has 0 amide bonds. The predicted octanol–water partition coefficient (Wildman–Crippen LogP) is 1.25. The van der Waals surface area contributed by atoms with Crippen LogP contribution < -0.4 is 5.32 Å². The number of hydrogen-bond acceptors (Lipinski definition) is 3. The van der Waals surface area contributed by atoms with Crippen LogP contribution in [0, 0.1) is 17.8 Å². The Morgan fingerprint density at radius 3 is 2.59 bits per heavy atom. The summed E-state index contributed by atoms with van der Waals surface area (Å²) < 4.78 is 5.26. The number of carbonyl (C=O) groups is 1. The number of hydrogen-bond donors (Lipinski definition) is 2. The lowest BCUT2D eigenvalue weighted by molar-refractivity contribution is -0.144. The van der Waals surface area contributed by atoms with Crippen molar-refractivity contribution >= 4 is 5.97 Å². The summed E-state index contributed by atoms with van der Waals surface area (Å²) in [6.45, 7) is 0. The molecule has 4 atom stereocenters. The van der Waals surface area contributed by atoms with Crippen molar-refractivity contribution in [2.45, 2.75) is 50.3 Å². The Balaban J connectivity index is 1.60. The summed E-state index contributed by atoms with van der Waals surface area (Å²) in [6, 6.07) is 0.695. The monoisotopic (exact) mass is 239 g/mol. The van der Waals surface area contributed by atoms with Crippen LogP contribution in [0.1, 0.15) is 32.1 Å². The molecule has 4 heteroatoms. The van der Waals surface area contributed by atoms with E-state index in [1.54, 1.807) is 7.11 Å². The molecule has 0 aliphatic heterocycles. The van der Waals surface area contributed by atoms with E-state index in [2.05, 4.69) is 5.32 Å². The first kappa shape index (κ1) is 11.5. The molecule has 2 N–H and O–H groups in total. The van der Waals surface area contributed by atoms with Gasteiger partial charge in [0.15, 0.2) is 0 Å². The van der Waals surface area contributed by atoms with Gasteiger partial charge in [0.1, 0.15) is 0 Å². The highest BCUT2D eigenvalue weighted by Crippen LogP contribution is 2.49. The Labute approximate surface area is 102 Å². The van der Waals surface area contributed by atoms with Crippen LogP contribution in [0.2, 0.25) is 0 Å². The molecule has 4 nitrogen and oxygen atoms in total. The predicted molar refractivity (Wildman–Crippen MR) is 62.7 cm³/mol. The first-order valence-corrected chi connectivity index (χ1v) is 6.70. The summed E-state index contributed by atoms with van der Waals surface area (Å²) in [6.07, 6.45) is 5.91. The third kappa shape index (κ3) is 1.87. The quantitative estimate of drug-likeness (QED) is 0.775. The normalized spacial score (nSPS) is 48.1.